The van der Waals surface area contributed by atoms with Gasteiger partial charge in [-0.1, -0.05) is 35.3 Å². The first-order chi connectivity index (χ1) is 15.6. The van der Waals surface area contributed by atoms with Crippen molar-refractivity contribution in [3.63, 3.8) is 0 Å². The van der Waals surface area contributed by atoms with Crippen LogP contribution in [-0.4, -0.2) is 37.4 Å². The third-order valence-corrected chi connectivity index (χ3v) is 7.05. The molecule has 180 valence electrons. The van der Waals surface area contributed by atoms with E-state index in [1.807, 2.05) is 6.92 Å². The third-order valence-electron chi connectivity index (χ3n) is 6.36. The average molecular weight is 506 g/mol. The summed E-state index contributed by atoms with van der Waals surface area (Å²) in [5, 5.41) is 4.65. The Morgan fingerprint density at radius 3 is 2.48 bits per heavy atom. The van der Waals surface area contributed by atoms with Crippen LogP contribution in [-0.2, 0) is 10.2 Å². The summed E-state index contributed by atoms with van der Waals surface area (Å²) in [6, 6.07) is 9.74. The molecule has 0 bridgehead atoms. The highest BCUT2D eigenvalue weighted by Gasteiger charge is 2.40. The van der Waals surface area contributed by atoms with E-state index in [-0.39, 0.29) is 11.2 Å². The van der Waals surface area contributed by atoms with Crippen LogP contribution in [0.1, 0.15) is 48.1 Å². The molecule has 0 amide bonds. The van der Waals surface area contributed by atoms with Gasteiger partial charge in [-0.05, 0) is 62.7 Å². The van der Waals surface area contributed by atoms with E-state index in [0.29, 0.717) is 28.4 Å². The van der Waals surface area contributed by atoms with Gasteiger partial charge in [-0.3, -0.25) is 0 Å². The van der Waals surface area contributed by atoms with Gasteiger partial charge < -0.3 is 15.5 Å². The smallest absolute Gasteiger partial charge is 0.373 e. The van der Waals surface area contributed by atoms with Crippen molar-refractivity contribution < 1.29 is 22.3 Å². The van der Waals surface area contributed by atoms with Gasteiger partial charge in [0.1, 0.15) is 17.9 Å². The highest BCUT2D eigenvalue weighted by Crippen LogP contribution is 2.45. The number of hydrogen-bond acceptors (Lipinski definition) is 4. The largest absolute Gasteiger partial charge is 0.403 e. The fraction of sp³-hybridized carbons (Fsp3) is 0.478. The Bertz CT molecular complexity index is 981. The van der Waals surface area contributed by atoms with Gasteiger partial charge in [0.05, 0.1) is 18.4 Å². The van der Waals surface area contributed by atoms with E-state index in [1.165, 1.54) is 12.1 Å². The minimum atomic E-state index is -4.41. The first-order valence-electron chi connectivity index (χ1n) is 10.7. The minimum absolute atomic E-state index is 0.292. The molecule has 0 aromatic heterocycles. The summed E-state index contributed by atoms with van der Waals surface area (Å²) in [5.41, 5.74) is 4.09. The summed E-state index contributed by atoms with van der Waals surface area (Å²) in [6.07, 6.45) is -3.24. The zero-order valence-corrected chi connectivity index (χ0v) is 19.5. The summed E-state index contributed by atoms with van der Waals surface area (Å²) in [7, 11) is 0. The summed E-state index contributed by atoms with van der Waals surface area (Å²) in [6.45, 7) is 2.62. The second-order valence-electron chi connectivity index (χ2n) is 8.64. The number of benzene rings is 2. The van der Waals surface area contributed by atoms with Crippen molar-refractivity contribution in [3.05, 3.63) is 63.9 Å². The number of alkyl halides is 4. The first-order valence-corrected chi connectivity index (χ1v) is 11.6. The van der Waals surface area contributed by atoms with Crippen LogP contribution >= 0.6 is 23.2 Å². The summed E-state index contributed by atoms with van der Waals surface area (Å²) in [4.78, 5) is 0. The molecule has 2 N–H and O–H groups in total. The van der Waals surface area contributed by atoms with E-state index >= 15 is 0 Å². The zero-order chi connectivity index (χ0) is 23.8. The summed E-state index contributed by atoms with van der Waals surface area (Å²) < 4.78 is 58.7. The Labute approximate surface area is 200 Å². The van der Waals surface area contributed by atoms with Crippen molar-refractivity contribution in [2.75, 3.05) is 31.7 Å². The molecule has 4 rings (SSSR count). The lowest BCUT2D eigenvalue weighted by Crippen LogP contribution is -2.43. The van der Waals surface area contributed by atoms with Crippen LogP contribution in [0.2, 0.25) is 5.02 Å². The maximum atomic E-state index is 13.5. The van der Waals surface area contributed by atoms with Crippen LogP contribution in [0.3, 0.4) is 0 Å². The van der Waals surface area contributed by atoms with Crippen LogP contribution in [0, 0.1) is 5.82 Å². The average Bonchev–Trinajstić information content (AvgIpc) is 3.06. The molecule has 4 nitrogen and oxygen atoms in total. The summed E-state index contributed by atoms with van der Waals surface area (Å²) in [5.74, 6) is -0.295. The summed E-state index contributed by atoms with van der Waals surface area (Å²) >= 11 is 12.6. The number of nitrogens with zero attached hydrogens (tertiary/aromatic N) is 1. The van der Waals surface area contributed by atoms with E-state index < -0.39 is 24.3 Å². The van der Waals surface area contributed by atoms with E-state index in [4.69, 9.17) is 27.9 Å². The van der Waals surface area contributed by atoms with E-state index in [0.717, 1.165) is 36.5 Å². The molecule has 2 aliphatic heterocycles. The van der Waals surface area contributed by atoms with Crippen molar-refractivity contribution in [3.8, 4) is 0 Å². The highest BCUT2D eigenvalue weighted by atomic mass is 35.5. The molecule has 0 aliphatic carbocycles. The number of hydrogen-bond donors (Lipinski definition) is 2. The van der Waals surface area contributed by atoms with Crippen molar-refractivity contribution in [1.29, 1.82) is 0 Å². The van der Waals surface area contributed by atoms with Crippen LogP contribution in [0.25, 0.3) is 0 Å². The monoisotopic (exact) mass is 505 g/mol. The Kier molecular flexibility index (Phi) is 7.13. The van der Waals surface area contributed by atoms with Crippen molar-refractivity contribution >= 4 is 28.9 Å². The number of rotatable bonds is 6. The Morgan fingerprint density at radius 1 is 1.18 bits per heavy atom. The number of ether oxygens (including phenoxy) is 1. The molecule has 1 unspecified atom stereocenters. The second kappa shape index (κ2) is 9.58. The predicted octanol–water partition coefficient (Wildman–Crippen LogP) is 6.32. The Balaban J connectivity index is 1.56. The molecule has 2 aromatic rings. The van der Waals surface area contributed by atoms with Gasteiger partial charge in [0, 0.05) is 21.6 Å². The number of fused-ring (bicyclic) bond motifs is 1. The fourth-order valence-corrected chi connectivity index (χ4v) is 5.09. The quantitative estimate of drug-likeness (QED) is 0.273. The highest BCUT2D eigenvalue weighted by molar-refractivity contribution is 6.31. The molecule has 2 aliphatic rings. The Morgan fingerprint density at radius 2 is 1.85 bits per heavy atom. The van der Waals surface area contributed by atoms with Gasteiger partial charge in [0.2, 0.25) is 0 Å². The molecule has 1 fully saturated rings. The third kappa shape index (κ3) is 5.41. The molecule has 1 saturated heterocycles. The maximum Gasteiger partial charge on any atom is 0.403 e. The van der Waals surface area contributed by atoms with Crippen LogP contribution in [0.5, 0.6) is 0 Å². The molecule has 0 saturated carbocycles. The molecule has 33 heavy (non-hydrogen) atoms. The number of piperidine rings is 1. The molecule has 0 spiro atoms. The lowest BCUT2D eigenvalue weighted by atomic mass is 9.74. The molecule has 2 heterocycles. The SMILES string of the molecule is CC(OCC1(c2ccc(F)cc2)CCNCC1)c1cc(Cl)cc2c1NN(CC(F)(F)F)[C@@H]2Cl. The van der Waals surface area contributed by atoms with E-state index in [2.05, 4.69) is 10.7 Å². The van der Waals surface area contributed by atoms with Gasteiger partial charge in [0.15, 0.2) is 0 Å². The zero-order valence-electron chi connectivity index (χ0n) is 18.0. The lowest BCUT2D eigenvalue weighted by molar-refractivity contribution is -0.143. The molecular formula is C23H25Cl2F4N3O. The second-order valence-corrected chi connectivity index (χ2v) is 9.49. The van der Waals surface area contributed by atoms with Gasteiger partial charge in [0.25, 0.3) is 0 Å². The fourth-order valence-electron chi connectivity index (χ4n) is 4.57. The number of anilines is 1. The van der Waals surface area contributed by atoms with Crippen LogP contribution < -0.4 is 10.7 Å². The molecular weight excluding hydrogens is 481 g/mol. The van der Waals surface area contributed by atoms with Gasteiger partial charge in [-0.15, -0.1) is 0 Å². The molecule has 10 heteroatoms. The number of hydrazine groups is 1. The van der Waals surface area contributed by atoms with Crippen molar-refractivity contribution in [2.24, 2.45) is 0 Å². The number of nitrogens with one attached hydrogen (secondary N) is 2. The van der Waals surface area contributed by atoms with E-state index in [1.54, 1.807) is 24.3 Å². The first kappa shape index (κ1) is 24.5. The van der Waals surface area contributed by atoms with Gasteiger partial charge >= 0.3 is 6.18 Å². The van der Waals surface area contributed by atoms with Crippen LogP contribution in [0.15, 0.2) is 36.4 Å². The van der Waals surface area contributed by atoms with Crippen molar-refractivity contribution in [1.82, 2.24) is 10.3 Å². The molecule has 2 atom stereocenters. The van der Waals surface area contributed by atoms with Crippen LogP contribution in [0.4, 0.5) is 23.2 Å². The predicted molar refractivity (Wildman–Crippen MR) is 121 cm³/mol. The maximum absolute atomic E-state index is 13.5. The standard InChI is InChI=1S/C23H25Cl2F4N3O/c1-14(33-13-22(6-8-30-9-7-22)15-2-4-17(26)5-3-15)18-10-16(24)11-19-20(18)31-32(21(19)25)12-23(27,28)29/h2-5,10-11,14,21,30-31H,6-9,12-13H2,1H3/t14?,21-/m0/s1. The van der Waals surface area contributed by atoms with Gasteiger partial charge in [-0.25, -0.2) is 4.39 Å². The van der Waals surface area contributed by atoms with E-state index in [9.17, 15) is 17.6 Å². The Hall–Kier alpha value is -1.58. The van der Waals surface area contributed by atoms with Crippen molar-refractivity contribution in [2.45, 2.75) is 43.0 Å². The topological polar surface area (TPSA) is 36.5 Å². The normalized spacial score (nSPS) is 21.5. The van der Waals surface area contributed by atoms with Gasteiger partial charge in [-0.2, -0.15) is 18.2 Å². The molecule has 0 radical (unpaired) electrons. The minimum Gasteiger partial charge on any atom is -0.373 e. The number of halogens is 6. The lowest BCUT2D eigenvalue weighted by Gasteiger charge is -2.39. The molecule has 2 aromatic carbocycles.